The van der Waals surface area contributed by atoms with E-state index in [0.29, 0.717) is 16.8 Å². The fourth-order valence-corrected chi connectivity index (χ4v) is 2.32. The molecule has 3 nitrogen and oxygen atoms in total. The topological polar surface area (TPSA) is 26.7 Å². The largest absolute Gasteiger partial charge is 0.508 e. The SMILES string of the molecule is CCN(Cc1cc(Cl)ccc1O)C(C)CN(C)C. The Morgan fingerprint density at radius 3 is 2.56 bits per heavy atom. The Bertz CT molecular complexity index is 382. The monoisotopic (exact) mass is 270 g/mol. The summed E-state index contributed by atoms with van der Waals surface area (Å²) in [6.45, 7) is 6.99. The van der Waals surface area contributed by atoms with Gasteiger partial charge >= 0.3 is 0 Å². The number of phenolic OH excluding ortho intramolecular Hbond substituents is 1. The standard InChI is InChI=1S/C14H23ClN2O/c1-5-17(11(2)9-16(3)4)10-12-8-13(15)6-7-14(12)18/h6-8,11,18H,5,9-10H2,1-4H3. The third-order valence-electron chi connectivity index (χ3n) is 3.07. The molecule has 1 aromatic carbocycles. The molecule has 0 aromatic heterocycles. The second-order valence-electron chi connectivity index (χ2n) is 4.95. The highest BCUT2D eigenvalue weighted by atomic mass is 35.5. The first-order chi connectivity index (χ1) is 8.43. The van der Waals surface area contributed by atoms with Crippen molar-refractivity contribution in [2.45, 2.75) is 26.4 Å². The fraction of sp³-hybridized carbons (Fsp3) is 0.571. The Hall–Kier alpha value is -0.770. The molecule has 0 spiro atoms. The molecule has 0 aliphatic rings. The normalized spacial score (nSPS) is 13.3. The molecule has 0 fully saturated rings. The lowest BCUT2D eigenvalue weighted by Gasteiger charge is -2.30. The number of likely N-dealkylation sites (N-methyl/N-ethyl adjacent to an activating group) is 2. The van der Waals surface area contributed by atoms with Gasteiger partial charge in [0.05, 0.1) is 0 Å². The molecular formula is C14H23ClN2O. The highest BCUT2D eigenvalue weighted by Gasteiger charge is 2.15. The van der Waals surface area contributed by atoms with Crippen molar-refractivity contribution in [3.8, 4) is 5.75 Å². The number of rotatable bonds is 6. The molecule has 1 aromatic rings. The van der Waals surface area contributed by atoms with E-state index in [4.69, 9.17) is 11.6 Å². The van der Waals surface area contributed by atoms with E-state index in [9.17, 15) is 5.11 Å². The van der Waals surface area contributed by atoms with Gasteiger partial charge in [0.15, 0.2) is 0 Å². The summed E-state index contributed by atoms with van der Waals surface area (Å²) in [4.78, 5) is 4.50. The summed E-state index contributed by atoms with van der Waals surface area (Å²) in [6, 6.07) is 5.63. The number of phenols is 1. The van der Waals surface area contributed by atoms with Crippen LogP contribution in [0.4, 0.5) is 0 Å². The van der Waals surface area contributed by atoms with Gasteiger partial charge in [0, 0.05) is 29.7 Å². The van der Waals surface area contributed by atoms with E-state index < -0.39 is 0 Å². The molecule has 18 heavy (non-hydrogen) atoms. The zero-order valence-corrected chi connectivity index (χ0v) is 12.4. The van der Waals surface area contributed by atoms with E-state index in [-0.39, 0.29) is 0 Å². The Morgan fingerprint density at radius 2 is 2.00 bits per heavy atom. The number of benzene rings is 1. The first kappa shape index (κ1) is 15.3. The third-order valence-corrected chi connectivity index (χ3v) is 3.31. The Kier molecular flexibility index (Phi) is 5.93. The van der Waals surface area contributed by atoms with Crippen LogP contribution in [0.5, 0.6) is 5.75 Å². The van der Waals surface area contributed by atoms with Gasteiger partial charge in [0.25, 0.3) is 0 Å². The molecule has 0 saturated heterocycles. The highest BCUT2D eigenvalue weighted by molar-refractivity contribution is 6.30. The van der Waals surface area contributed by atoms with Crippen LogP contribution in [0.15, 0.2) is 18.2 Å². The van der Waals surface area contributed by atoms with Crippen LogP contribution >= 0.6 is 11.6 Å². The van der Waals surface area contributed by atoms with Gasteiger partial charge in [-0.2, -0.15) is 0 Å². The van der Waals surface area contributed by atoms with Crippen LogP contribution in [0.25, 0.3) is 0 Å². The van der Waals surface area contributed by atoms with E-state index in [1.165, 1.54) is 0 Å². The van der Waals surface area contributed by atoms with E-state index >= 15 is 0 Å². The minimum atomic E-state index is 0.315. The minimum Gasteiger partial charge on any atom is -0.508 e. The molecule has 0 saturated carbocycles. The van der Waals surface area contributed by atoms with Crippen molar-refractivity contribution in [1.82, 2.24) is 9.80 Å². The van der Waals surface area contributed by atoms with E-state index in [0.717, 1.165) is 25.2 Å². The summed E-state index contributed by atoms with van der Waals surface area (Å²) in [7, 11) is 4.14. The van der Waals surface area contributed by atoms with Crippen molar-refractivity contribution in [2.75, 3.05) is 27.2 Å². The molecule has 1 rings (SSSR count). The molecule has 0 heterocycles. The van der Waals surface area contributed by atoms with Crippen LogP contribution in [0.2, 0.25) is 5.02 Å². The van der Waals surface area contributed by atoms with Crippen molar-refractivity contribution in [3.05, 3.63) is 28.8 Å². The summed E-state index contributed by atoms with van der Waals surface area (Å²) in [6.07, 6.45) is 0. The van der Waals surface area contributed by atoms with Crippen LogP contribution < -0.4 is 0 Å². The first-order valence-electron chi connectivity index (χ1n) is 6.30. The highest BCUT2D eigenvalue weighted by Crippen LogP contribution is 2.23. The maximum absolute atomic E-state index is 9.85. The predicted molar refractivity (Wildman–Crippen MR) is 77.2 cm³/mol. The predicted octanol–water partition coefficient (Wildman–Crippen LogP) is 2.82. The van der Waals surface area contributed by atoms with Gasteiger partial charge in [-0.25, -0.2) is 0 Å². The summed E-state index contributed by atoms with van der Waals surface area (Å²) in [5.74, 6) is 0.315. The van der Waals surface area contributed by atoms with Crippen LogP contribution in [0, 0.1) is 0 Å². The molecule has 0 radical (unpaired) electrons. The molecule has 0 aliphatic heterocycles. The minimum absolute atomic E-state index is 0.315. The smallest absolute Gasteiger partial charge is 0.120 e. The van der Waals surface area contributed by atoms with Gasteiger partial charge in [-0.3, -0.25) is 4.90 Å². The van der Waals surface area contributed by atoms with E-state index in [2.05, 4.69) is 37.7 Å². The zero-order chi connectivity index (χ0) is 13.7. The maximum Gasteiger partial charge on any atom is 0.120 e. The van der Waals surface area contributed by atoms with Gasteiger partial charge in [0.2, 0.25) is 0 Å². The third kappa shape index (κ3) is 4.48. The second-order valence-corrected chi connectivity index (χ2v) is 5.38. The molecular weight excluding hydrogens is 248 g/mol. The van der Waals surface area contributed by atoms with Gasteiger partial charge in [-0.15, -0.1) is 0 Å². The molecule has 1 unspecified atom stereocenters. The Balaban J connectivity index is 2.76. The lowest BCUT2D eigenvalue weighted by Crippen LogP contribution is -2.39. The lowest BCUT2D eigenvalue weighted by atomic mass is 10.1. The van der Waals surface area contributed by atoms with E-state index in [1.807, 2.05) is 6.07 Å². The molecule has 1 atom stereocenters. The zero-order valence-electron chi connectivity index (χ0n) is 11.7. The van der Waals surface area contributed by atoms with Gasteiger partial charge in [-0.1, -0.05) is 18.5 Å². The first-order valence-corrected chi connectivity index (χ1v) is 6.68. The van der Waals surface area contributed by atoms with Crippen LogP contribution in [-0.4, -0.2) is 48.1 Å². The number of aromatic hydroxyl groups is 1. The van der Waals surface area contributed by atoms with E-state index in [1.54, 1.807) is 12.1 Å². The van der Waals surface area contributed by atoms with Crippen molar-refractivity contribution in [2.24, 2.45) is 0 Å². The molecule has 0 aliphatic carbocycles. The fourth-order valence-electron chi connectivity index (χ4n) is 2.12. The van der Waals surface area contributed by atoms with Crippen molar-refractivity contribution >= 4 is 11.6 Å². The molecule has 1 N–H and O–H groups in total. The van der Waals surface area contributed by atoms with Crippen LogP contribution in [-0.2, 0) is 6.54 Å². The number of nitrogens with zero attached hydrogens (tertiary/aromatic N) is 2. The quantitative estimate of drug-likeness (QED) is 0.861. The molecule has 0 bridgehead atoms. The van der Waals surface area contributed by atoms with Gasteiger partial charge < -0.3 is 10.0 Å². The Labute approximate surface area is 115 Å². The lowest BCUT2D eigenvalue weighted by molar-refractivity contribution is 0.173. The summed E-state index contributed by atoms with van der Waals surface area (Å²) in [5.41, 5.74) is 0.884. The molecule has 0 amide bonds. The van der Waals surface area contributed by atoms with Gasteiger partial charge in [0.1, 0.15) is 5.75 Å². The number of hydrogen-bond donors (Lipinski definition) is 1. The van der Waals surface area contributed by atoms with Crippen molar-refractivity contribution in [3.63, 3.8) is 0 Å². The maximum atomic E-state index is 9.85. The number of halogens is 1. The number of hydrogen-bond acceptors (Lipinski definition) is 3. The summed E-state index contributed by atoms with van der Waals surface area (Å²) >= 11 is 5.97. The molecule has 4 heteroatoms. The summed E-state index contributed by atoms with van der Waals surface area (Å²) in [5, 5.41) is 10.5. The van der Waals surface area contributed by atoms with Crippen molar-refractivity contribution in [1.29, 1.82) is 0 Å². The summed E-state index contributed by atoms with van der Waals surface area (Å²) < 4.78 is 0. The Morgan fingerprint density at radius 1 is 1.33 bits per heavy atom. The van der Waals surface area contributed by atoms with Gasteiger partial charge in [-0.05, 0) is 45.8 Å². The second kappa shape index (κ2) is 6.98. The average molecular weight is 271 g/mol. The average Bonchev–Trinajstić information content (AvgIpc) is 2.29. The molecule has 102 valence electrons. The van der Waals surface area contributed by atoms with Crippen LogP contribution in [0.1, 0.15) is 19.4 Å². The van der Waals surface area contributed by atoms with Crippen molar-refractivity contribution < 1.29 is 5.11 Å². The van der Waals surface area contributed by atoms with Crippen LogP contribution in [0.3, 0.4) is 0 Å².